The van der Waals surface area contributed by atoms with Gasteiger partial charge in [-0.2, -0.15) is 0 Å². The van der Waals surface area contributed by atoms with E-state index in [-0.39, 0.29) is 51.3 Å². The van der Waals surface area contributed by atoms with Crippen LogP contribution in [0.1, 0.15) is 31.7 Å². The van der Waals surface area contributed by atoms with Crippen LogP contribution in [0.3, 0.4) is 0 Å². The summed E-state index contributed by atoms with van der Waals surface area (Å²) in [5.41, 5.74) is 2.42. The van der Waals surface area contributed by atoms with Crippen molar-refractivity contribution >= 4 is 40.2 Å². The Kier molecular flexibility index (Phi) is 9.22. The molecule has 2 fully saturated rings. The third-order valence-electron chi connectivity index (χ3n) is 9.20. The minimum Gasteiger partial charge on any atom is -0.352 e. The van der Waals surface area contributed by atoms with Gasteiger partial charge in [0.1, 0.15) is 30.0 Å². The van der Waals surface area contributed by atoms with E-state index in [1.54, 1.807) is 30.7 Å². The van der Waals surface area contributed by atoms with Crippen molar-refractivity contribution in [1.29, 1.82) is 0 Å². The number of alkyl halides is 2. The van der Waals surface area contributed by atoms with Crippen molar-refractivity contribution in [2.24, 2.45) is 0 Å². The van der Waals surface area contributed by atoms with Gasteiger partial charge in [-0.25, -0.2) is 22.5 Å². The van der Waals surface area contributed by atoms with Gasteiger partial charge in [-0.3, -0.25) is 14.4 Å². The SMILES string of the molecule is CCC(NC(=O)CNC)C(=O)N1CC(F)CC1Cc1c(-c2nc3cc(F)ccc3n2CC2CC(F)CN2C=O)[nH]c2cc(F)ccc12. The second-order valence-electron chi connectivity index (χ2n) is 12.4. The fourth-order valence-electron chi connectivity index (χ4n) is 7.01. The summed E-state index contributed by atoms with van der Waals surface area (Å²) in [6, 6.07) is 6.44. The minimum atomic E-state index is -1.29. The van der Waals surface area contributed by atoms with Crippen LogP contribution in [0.15, 0.2) is 36.4 Å². The molecule has 2 aromatic heterocycles. The Morgan fingerprint density at radius 1 is 1.06 bits per heavy atom. The number of nitrogens with one attached hydrogen (secondary N) is 3. The Hall–Kier alpha value is -4.46. The van der Waals surface area contributed by atoms with Gasteiger partial charge in [0.05, 0.1) is 42.4 Å². The zero-order valence-corrected chi connectivity index (χ0v) is 26.1. The molecule has 6 rings (SSSR count). The average molecular weight is 656 g/mol. The van der Waals surface area contributed by atoms with E-state index in [4.69, 9.17) is 4.98 Å². The van der Waals surface area contributed by atoms with Crippen molar-refractivity contribution in [3.8, 4) is 11.5 Å². The van der Waals surface area contributed by atoms with Gasteiger partial charge in [0, 0.05) is 42.4 Å². The third kappa shape index (κ3) is 6.42. The van der Waals surface area contributed by atoms with E-state index < -0.39 is 48.0 Å². The molecule has 2 aliphatic rings. The van der Waals surface area contributed by atoms with Gasteiger partial charge in [0.15, 0.2) is 5.82 Å². The molecule has 2 saturated heterocycles. The molecule has 2 aliphatic heterocycles. The number of imidazole rings is 1. The number of likely N-dealkylation sites (tertiary alicyclic amines) is 2. The number of hydrogen-bond acceptors (Lipinski definition) is 5. The summed E-state index contributed by atoms with van der Waals surface area (Å²) in [5.74, 6) is -1.39. The summed E-state index contributed by atoms with van der Waals surface area (Å²) in [7, 11) is 1.62. The van der Waals surface area contributed by atoms with Crippen LogP contribution in [0.25, 0.3) is 33.5 Å². The van der Waals surface area contributed by atoms with Crippen LogP contribution in [0.2, 0.25) is 0 Å². The van der Waals surface area contributed by atoms with Gasteiger partial charge < -0.3 is 30.0 Å². The lowest BCUT2D eigenvalue weighted by Crippen LogP contribution is -2.51. The number of hydrogen-bond donors (Lipinski definition) is 3. The number of H-pyrrole nitrogens is 1. The number of amides is 3. The van der Waals surface area contributed by atoms with E-state index in [1.807, 2.05) is 0 Å². The summed E-state index contributed by atoms with van der Waals surface area (Å²) in [5, 5.41) is 6.10. The zero-order valence-electron chi connectivity index (χ0n) is 26.1. The van der Waals surface area contributed by atoms with Crippen molar-refractivity contribution in [3.63, 3.8) is 0 Å². The van der Waals surface area contributed by atoms with Crippen LogP contribution < -0.4 is 10.6 Å². The van der Waals surface area contributed by atoms with E-state index in [2.05, 4.69) is 15.6 Å². The number of aromatic nitrogens is 3. The maximum absolute atomic E-state index is 15.1. The molecule has 10 nitrogen and oxygen atoms in total. The Morgan fingerprint density at radius 2 is 1.79 bits per heavy atom. The summed E-state index contributed by atoms with van der Waals surface area (Å²) >= 11 is 0. The van der Waals surface area contributed by atoms with Crippen LogP contribution in [0.4, 0.5) is 17.6 Å². The molecule has 3 N–H and O–H groups in total. The molecule has 5 unspecified atom stereocenters. The zero-order chi connectivity index (χ0) is 33.4. The summed E-state index contributed by atoms with van der Waals surface area (Å²) in [4.78, 5) is 48.6. The maximum Gasteiger partial charge on any atom is 0.245 e. The second kappa shape index (κ2) is 13.3. The van der Waals surface area contributed by atoms with Gasteiger partial charge in [0.25, 0.3) is 0 Å². The largest absolute Gasteiger partial charge is 0.352 e. The number of carbonyl (C=O) groups is 3. The molecule has 47 heavy (non-hydrogen) atoms. The van der Waals surface area contributed by atoms with Gasteiger partial charge in [-0.1, -0.05) is 6.92 Å². The van der Waals surface area contributed by atoms with Crippen LogP contribution in [0.5, 0.6) is 0 Å². The lowest BCUT2D eigenvalue weighted by Gasteiger charge is -2.29. The number of rotatable bonds is 11. The fourth-order valence-corrected chi connectivity index (χ4v) is 7.01. The van der Waals surface area contributed by atoms with Gasteiger partial charge in [-0.15, -0.1) is 0 Å². The third-order valence-corrected chi connectivity index (χ3v) is 9.20. The lowest BCUT2D eigenvalue weighted by atomic mass is 9.99. The molecular weight excluding hydrogens is 618 g/mol. The van der Waals surface area contributed by atoms with Gasteiger partial charge in [-0.05, 0) is 55.8 Å². The molecule has 0 radical (unpaired) electrons. The molecule has 0 aliphatic carbocycles. The van der Waals surface area contributed by atoms with Crippen molar-refractivity contribution in [2.75, 3.05) is 26.7 Å². The molecule has 4 heterocycles. The number of benzene rings is 2. The first-order valence-corrected chi connectivity index (χ1v) is 15.8. The van der Waals surface area contributed by atoms with Crippen LogP contribution in [-0.4, -0.2) is 99.7 Å². The first-order chi connectivity index (χ1) is 22.6. The van der Waals surface area contributed by atoms with Crippen molar-refractivity contribution < 1.29 is 31.9 Å². The van der Waals surface area contributed by atoms with Crippen LogP contribution in [0, 0.1) is 11.6 Å². The van der Waals surface area contributed by atoms with Crippen molar-refractivity contribution in [3.05, 3.63) is 53.6 Å². The second-order valence-corrected chi connectivity index (χ2v) is 12.4. The number of aromatic amines is 1. The molecule has 0 bridgehead atoms. The predicted octanol–water partition coefficient (Wildman–Crippen LogP) is 3.63. The first kappa shape index (κ1) is 32.5. The standard InChI is InChI=1S/C33H37F4N7O3/c1-3-26(39-30(46)13-38-2)33(47)43-15-21(37)8-22(43)12-25-24-6-4-18(34)10-27(24)40-31(25)32-41-28-11-19(35)5-7-29(28)44(32)16-23-9-20(36)14-42(23)17-45/h4-7,10-11,17,20-23,26,38,40H,3,8-9,12-16H2,1-2H3,(H,39,46). The highest BCUT2D eigenvalue weighted by Gasteiger charge is 2.39. The first-order valence-electron chi connectivity index (χ1n) is 15.8. The number of likely N-dealkylation sites (N-methyl/N-ethyl adjacent to an activating group) is 1. The van der Waals surface area contributed by atoms with E-state index in [1.165, 1.54) is 34.1 Å². The maximum atomic E-state index is 15.1. The Balaban J connectivity index is 1.43. The Bertz CT molecular complexity index is 1810. The molecule has 0 spiro atoms. The van der Waals surface area contributed by atoms with Crippen LogP contribution in [-0.2, 0) is 27.3 Å². The van der Waals surface area contributed by atoms with Gasteiger partial charge >= 0.3 is 0 Å². The van der Waals surface area contributed by atoms with E-state index in [0.717, 1.165) is 0 Å². The highest BCUT2D eigenvalue weighted by Crippen LogP contribution is 2.37. The molecule has 2 aromatic carbocycles. The Labute approximate surface area is 268 Å². The van der Waals surface area contributed by atoms with E-state index in [0.29, 0.717) is 51.8 Å². The molecule has 14 heteroatoms. The highest BCUT2D eigenvalue weighted by atomic mass is 19.1. The number of carbonyl (C=O) groups excluding carboxylic acids is 3. The normalized spacial score (nSPS) is 22.0. The molecule has 4 aromatic rings. The minimum absolute atomic E-state index is 0.0244. The topological polar surface area (TPSA) is 115 Å². The summed E-state index contributed by atoms with van der Waals surface area (Å²) in [6.45, 7) is 1.77. The number of fused-ring (bicyclic) bond motifs is 2. The molecular formula is C33H37F4N7O3. The lowest BCUT2D eigenvalue weighted by molar-refractivity contribution is -0.137. The monoisotopic (exact) mass is 655 g/mol. The molecule has 3 amide bonds. The fraction of sp³-hybridized carbons (Fsp3) is 0.455. The van der Waals surface area contributed by atoms with Crippen molar-refractivity contribution in [2.45, 2.75) is 69.6 Å². The van der Waals surface area contributed by atoms with E-state index in [9.17, 15) is 27.6 Å². The molecule has 250 valence electrons. The molecule has 0 saturated carbocycles. The number of halogens is 4. The highest BCUT2D eigenvalue weighted by molar-refractivity contribution is 5.92. The quantitative estimate of drug-likeness (QED) is 0.169. The summed E-state index contributed by atoms with van der Waals surface area (Å²) < 4.78 is 60.1. The van der Waals surface area contributed by atoms with Crippen molar-refractivity contribution in [1.82, 2.24) is 35.0 Å². The summed E-state index contributed by atoms with van der Waals surface area (Å²) in [6.07, 6.45) is -1.22. The van der Waals surface area contributed by atoms with Gasteiger partial charge in [0.2, 0.25) is 18.2 Å². The number of nitrogens with zero attached hydrogens (tertiary/aromatic N) is 4. The smallest absolute Gasteiger partial charge is 0.245 e. The van der Waals surface area contributed by atoms with Crippen LogP contribution >= 0.6 is 0 Å². The Morgan fingerprint density at radius 3 is 2.53 bits per heavy atom. The average Bonchev–Trinajstić information content (AvgIpc) is 3.78. The van der Waals surface area contributed by atoms with E-state index >= 15 is 4.39 Å². The molecule has 5 atom stereocenters. The predicted molar refractivity (Wildman–Crippen MR) is 168 cm³/mol.